The number of methoxy groups -OCH3 is 1. The Bertz CT molecular complexity index is 1270. The fraction of sp³-hybridized carbons (Fsp3) is 0.400. The number of hydrogen-bond donors (Lipinski definition) is 2. The summed E-state index contributed by atoms with van der Waals surface area (Å²) in [4.78, 5) is 27.8. The molecule has 0 spiro atoms. The van der Waals surface area contributed by atoms with Gasteiger partial charge in [-0.3, -0.25) is 9.59 Å². The van der Waals surface area contributed by atoms with Gasteiger partial charge in [0.25, 0.3) is 5.91 Å². The summed E-state index contributed by atoms with van der Waals surface area (Å²) in [5, 5.41) is 6.80. The zero-order valence-electron chi connectivity index (χ0n) is 22.1. The van der Waals surface area contributed by atoms with E-state index in [1.165, 1.54) is 10.4 Å². The fourth-order valence-corrected chi connectivity index (χ4v) is 6.11. The van der Waals surface area contributed by atoms with Crippen LogP contribution in [0.1, 0.15) is 64.7 Å². The van der Waals surface area contributed by atoms with Gasteiger partial charge in [-0.2, -0.15) is 0 Å². The summed E-state index contributed by atoms with van der Waals surface area (Å²) in [6.07, 6.45) is 3.05. The highest BCUT2D eigenvalue weighted by Gasteiger charge is 2.34. The van der Waals surface area contributed by atoms with Crippen LogP contribution < -0.4 is 15.4 Å². The Balaban J connectivity index is 1.61. The first-order chi connectivity index (χ1) is 17.0. The maximum atomic E-state index is 13.6. The molecule has 0 saturated carbocycles. The van der Waals surface area contributed by atoms with Crippen molar-refractivity contribution in [3.8, 4) is 5.75 Å². The Hall–Kier alpha value is -3.12. The van der Waals surface area contributed by atoms with Crippen LogP contribution in [0.15, 0.2) is 42.5 Å². The molecule has 0 bridgehead atoms. The lowest BCUT2D eigenvalue weighted by atomic mass is 9.72. The summed E-state index contributed by atoms with van der Waals surface area (Å²) in [7, 11) is 1.62. The van der Waals surface area contributed by atoms with Crippen molar-refractivity contribution < 1.29 is 14.3 Å². The quantitative estimate of drug-likeness (QED) is 0.381. The number of anilines is 2. The highest BCUT2D eigenvalue weighted by molar-refractivity contribution is 7.17. The molecule has 36 heavy (non-hydrogen) atoms. The van der Waals surface area contributed by atoms with Gasteiger partial charge in [-0.1, -0.05) is 39.0 Å². The van der Waals surface area contributed by atoms with Gasteiger partial charge in [0.1, 0.15) is 10.8 Å². The maximum Gasteiger partial charge on any atom is 0.258 e. The zero-order valence-corrected chi connectivity index (χ0v) is 22.9. The smallest absolute Gasteiger partial charge is 0.258 e. The van der Waals surface area contributed by atoms with E-state index < -0.39 is 0 Å². The summed E-state index contributed by atoms with van der Waals surface area (Å²) in [5.41, 5.74) is 5.86. The number of rotatable bonds is 6. The third-order valence-electron chi connectivity index (χ3n) is 7.26. The molecule has 0 fully saturated rings. The summed E-state index contributed by atoms with van der Waals surface area (Å²) < 4.78 is 5.21. The summed E-state index contributed by atoms with van der Waals surface area (Å²) >= 11 is 1.56. The molecule has 1 aromatic heterocycles. The molecular formula is C30H36N2O3S. The van der Waals surface area contributed by atoms with E-state index in [0.717, 1.165) is 47.4 Å². The summed E-state index contributed by atoms with van der Waals surface area (Å²) in [5.74, 6) is 1.00. The van der Waals surface area contributed by atoms with Gasteiger partial charge >= 0.3 is 0 Å². The van der Waals surface area contributed by atoms with E-state index in [1.807, 2.05) is 49.4 Å². The second kappa shape index (κ2) is 10.5. The number of aryl methyl sites for hydroxylation is 2. The molecular weight excluding hydrogens is 468 g/mol. The van der Waals surface area contributed by atoms with Crippen LogP contribution in [0.4, 0.5) is 10.7 Å². The number of thiophene rings is 1. The lowest BCUT2D eigenvalue weighted by molar-refractivity contribution is -0.115. The molecule has 4 rings (SSSR count). The van der Waals surface area contributed by atoms with Crippen LogP contribution in [0.25, 0.3) is 0 Å². The van der Waals surface area contributed by atoms with Crippen LogP contribution in [0.5, 0.6) is 5.75 Å². The van der Waals surface area contributed by atoms with Crippen LogP contribution in [0.2, 0.25) is 0 Å². The van der Waals surface area contributed by atoms with Gasteiger partial charge in [-0.05, 0) is 91.0 Å². The number of fused-ring (bicyclic) bond motifs is 1. The minimum absolute atomic E-state index is 0.133. The molecule has 2 amide bonds. The molecule has 1 atom stereocenters. The predicted octanol–water partition coefficient (Wildman–Crippen LogP) is 6.96. The molecule has 0 aliphatic heterocycles. The van der Waals surface area contributed by atoms with E-state index >= 15 is 0 Å². The van der Waals surface area contributed by atoms with Crippen LogP contribution in [0, 0.1) is 25.2 Å². The first-order valence-corrected chi connectivity index (χ1v) is 13.3. The topological polar surface area (TPSA) is 67.4 Å². The van der Waals surface area contributed by atoms with Crippen molar-refractivity contribution in [3.63, 3.8) is 0 Å². The largest absolute Gasteiger partial charge is 0.497 e. The van der Waals surface area contributed by atoms with E-state index in [0.29, 0.717) is 16.5 Å². The van der Waals surface area contributed by atoms with Crippen LogP contribution in [-0.4, -0.2) is 18.9 Å². The second-order valence-corrected chi connectivity index (χ2v) is 11.9. The van der Waals surface area contributed by atoms with Gasteiger partial charge in [0.2, 0.25) is 5.91 Å². The Morgan fingerprint density at radius 1 is 1.03 bits per heavy atom. The Morgan fingerprint density at radius 3 is 2.39 bits per heavy atom. The lowest BCUT2D eigenvalue weighted by Crippen LogP contribution is -2.27. The number of ether oxygens (including phenoxy) is 1. The van der Waals surface area contributed by atoms with Crippen molar-refractivity contribution in [3.05, 3.63) is 75.2 Å². The molecule has 1 aliphatic rings. The minimum Gasteiger partial charge on any atom is -0.497 e. The molecule has 1 aliphatic carbocycles. The number of carbonyl (C=O) groups is 2. The molecule has 2 N–H and O–H groups in total. The average molecular weight is 505 g/mol. The third kappa shape index (κ3) is 5.81. The summed E-state index contributed by atoms with van der Waals surface area (Å²) in [6.45, 7) is 10.9. The molecule has 2 aromatic carbocycles. The number of nitrogens with one attached hydrogen (secondary N) is 2. The SMILES string of the molecule is COc1ccc(CC(=O)Nc2sc3c(c2C(=O)Nc2ccc(C)c(C)c2)CCC(C(C)(C)C)C3)cc1. The van der Waals surface area contributed by atoms with Crippen molar-refractivity contribution in [1.29, 1.82) is 0 Å². The zero-order chi connectivity index (χ0) is 26.0. The normalized spacial score (nSPS) is 15.2. The fourth-order valence-electron chi connectivity index (χ4n) is 4.77. The standard InChI is InChI=1S/C30H36N2O3S/c1-18-7-11-22(15-19(18)2)31-28(34)27-24-14-10-21(30(3,4)5)17-25(24)36-29(27)32-26(33)16-20-8-12-23(35-6)13-9-20/h7-9,11-13,15,21H,10,14,16-17H2,1-6H3,(H,31,34)(H,32,33). The van der Waals surface area contributed by atoms with Gasteiger partial charge < -0.3 is 15.4 Å². The second-order valence-electron chi connectivity index (χ2n) is 10.8. The lowest BCUT2D eigenvalue weighted by Gasteiger charge is -2.33. The van der Waals surface area contributed by atoms with E-state index in [1.54, 1.807) is 18.4 Å². The van der Waals surface area contributed by atoms with Gasteiger partial charge in [0, 0.05) is 10.6 Å². The molecule has 0 saturated heterocycles. The maximum absolute atomic E-state index is 13.6. The van der Waals surface area contributed by atoms with Crippen LogP contribution >= 0.6 is 11.3 Å². The van der Waals surface area contributed by atoms with Gasteiger partial charge in [-0.25, -0.2) is 0 Å². The van der Waals surface area contributed by atoms with E-state index in [9.17, 15) is 9.59 Å². The van der Waals surface area contributed by atoms with E-state index in [2.05, 4.69) is 38.3 Å². The highest BCUT2D eigenvalue weighted by Crippen LogP contribution is 2.44. The summed E-state index contributed by atoms with van der Waals surface area (Å²) in [6, 6.07) is 13.4. The molecule has 1 heterocycles. The Morgan fingerprint density at radius 2 is 1.75 bits per heavy atom. The van der Waals surface area contributed by atoms with E-state index in [-0.39, 0.29) is 23.7 Å². The molecule has 6 heteroatoms. The number of benzene rings is 2. The van der Waals surface area contributed by atoms with Crippen LogP contribution in [-0.2, 0) is 24.1 Å². The monoisotopic (exact) mass is 504 g/mol. The molecule has 0 radical (unpaired) electrons. The number of amides is 2. The highest BCUT2D eigenvalue weighted by atomic mass is 32.1. The number of carbonyl (C=O) groups excluding carboxylic acids is 2. The molecule has 5 nitrogen and oxygen atoms in total. The first kappa shape index (κ1) is 26.0. The van der Waals surface area contributed by atoms with E-state index in [4.69, 9.17) is 4.74 Å². The number of hydrogen-bond acceptors (Lipinski definition) is 4. The van der Waals surface area contributed by atoms with Crippen molar-refractivity contribution in [2.24, 2.45) is 11.3 Å². The third-order valence-corrected chi connectivity index (χ3v) is 8.43. The molecule has 190 valence electrons. The first-order valence-electron chi connectivity index (χ1n) is 12.5. The van der Waals surface area contributed by atoms with Crippen molar-refractivity contribution in [2.75, 3.05) is 17.7 Å². The Kier molecular flexibility index (Phi) is 7.55. The molecule has 3 aromatic rings. The minimum atomic E-state index is -0.162. The van der Waals surface area contributed by atoms with Crippen molar-refractivity contribution in [2.45, 2.75) is 60.3 Å². The van der Waals surface area contributed by atoms with Crippen molar-refractivity contribution >= 4 is 33.8 Å². The van der Waals surface area contributed by atoms with Gasteiger partial charge in [0.05, 0.1) is 19.1 Å². The predicted molar refractivity (Wildman–Crippen MR) is 148 cm³/mol. The van der Waals surface area contributed by atoms with Gasteiger partial charge in [0.15, 0.2) is 0 Å². The van der Waals surface area contributed by atoms with Gasteiger partial charge in [-0.15, -0.1) is 11.3 Å². The van der Waals surface area contributed by atoms with Crippen LogP contribution in [0.3, 0.4) is 0 Å². The average Bonchev–Trinajstić information content (AvgIpc) is 3.18. The van der Waals surface area contributed by atoms with Crippen molar-refractivity contribution in [1.82, 2.24) is 0 Å². The Labute approximate surface area is 218 Å². The molecule has 1 unspecified atom stereocenters.